The number of thioether (sulfide) groups is 1. The minimum absolute atomic E-state index is 0.569. The fourth-order valence-corrected chi connectivity index (χ4v) is 3.16. The van der Waals surface area contributed by atoms with Gasteiger partial charge in [0.15, 0.2) is 0 Å². The first-order valence-corrected chi connectivity index (χ1v) is 6.18. The maximum atomic E-state index is 3.53. The van der Waals surface area contributed by atoms with E-state index in [2.05, 4.69) is 38.2 Å². The van der Waals surface area contributed by atoms with E-state index in [1.807, 2.05) is 11.8 Å². The molecule has 1 aliphatic heterocycles. The standard InChI is InChI=1S/C12H17NS/c1-4-13-11-7-14-12-6-9(3)8(2)5-10(11)12/h5-6,11,13H,4,7H2,1-3H3. The number of aryl methyl sites for hydroxylation is 2. The van der Waals surface area contributed by atoms with E-state index in [9.17, 15) is 0 Å². The highest BCUT2D eigenvalue weighted by atomic mass is 32.2. The molecule has 0 amide bonds. The Morgan fingerprint density at radius 2 is 2.07 bits per heavy atom. The van der Waals surface area contributed by atoms with Gasteiger partial charge in [0.05, 0.1) is 0 Å². The zero-order valence-corrected chi connectivity index (χ0v) is 9.87. The predicted octanol–water partition coefficient (Wildman–Crippen LogP) is 3.06. The summed E-state index contributed by atoms with van der Waals surface area (Å²) >= 11 is 1.98. The summed E-state index contributed by atoms with van der Waals surface area (Å²) < 4.78 is 0. The fraction of sp³-hybridized carbons (Fsp3) is 0.500. The van der Waals surface area contributed by atoms with Crippen LogP contribution < -0.4 is 5.32 Å². The topological polar surface area (TPSA) is 12.0 Å². The number of fused-ring (bicyclic) bond motifs is 1. The molecule has 0 saturated carbocycles. The number of hydrogen-bond donors (Lipinski definition) is 1. The minimum atomic E-state index is 0.569. The lowest BCUT2D eigenvalue weighted by Gasteiger charge is -2.12. The lowest BCUT2D eigenvalue weighted by atomic mass is 10.0. The number of rotatable bonds is 2. The lowest BCUT2D eigenvalue weighted by Crippen LogP contribution is -2.20. The third-order valence-corrected chi connectivity index (χ3v) is 4.02. The summed E-state index contributed by atoms with van der Waals surface area (Å²) in [5.74, 6) is 1.19. The van der Waals surface area contributed by atoms with Crippen LogP contribution in [-0.4, -0.2) is 12.3 Å². The first-order valence-electron chi connectivity index (χ1n) is 5.19. The molecule has 1 unspecified atom stereocenters. The van der Waals surface area contributed by atoms with Gasteiger partial charge in [0.2, 0.25) is 0 Å². The Balaban J connectivity index is 2.35. The van der Waals surface area contributed by atoms with Gasteiger partial charge in [-0.25, -0.2) is 0 Å². The first kappa shape index (κ1) is 10.1. The average molecular weight is 207 g/mol. The molecule has 0 bridgehead atoms. The van der Waals surface area contributed by atoms with Gasteiger partial charge in [-0.15, -0.1) is 11.8 Å². The normalized spacial score (nSPS) is 19.8. The van der Waals surface area contributed by atoms with Crippen molar-refractivity contribution in [2.45, 2.75) is 31.7 Å². The summed E-state index contributed by atoms with van der Waals surface area (Å²) in [5, 5.41) is 3.53. The van der Waals surface area contributed by atoms with Crippen molar-refractivity contribution < 1.29 is 0 Å². The Bertz CT molecular complexity index is 346. The van der Waals surface area contributed by atoms with Gasteiger partial charge in [-0.1, -0.05) is 13.0 Å². The third kappa shape index (κ3) is 1.69. The van der Waals surface area contributed by atoms with Crippen LogP contribution in [0.3, 0.4) is 0 Å². The molecule has 0 spiro atoms. The molecule has 0 saturated heterocycles. The Morgan fingerprint density at radius 3 is 2.79 bits per heavy atom. The summed E-state index contributed by atoms with van der Waals surface area (Å²) in [6.45, 7) is 7.61. The van der Waals surface area contributed by atoms with E-state index in [0.717, 1.165) is 6.54 Å². The van der Waals surface area contributed by atoms with Gasteiger partial charge in [0, 0.05) is 16.7 Å². The smallest absolute Gasteiger partial charge is 0.0426 e. The van der Waals surface area contributed by atoms with E-state index < -0.39 is 0 Å². The maximum Gasteiger partial charge on any atom is 0.0426 e. The van der Waals surface area contributed by atoms with Crippen LogP contribution in [0.25, 0.3) is 0 Å². The zero-order chi connectivity index (χ0) is 10.1. The number of nitrogens with one attached hydrogen (secondary N) is 1. The Labute approximate surface area is 90.3 Å². The van der Waals surface area contributed by atoms with E-state index in [1.54, 1.807) is 0 Å². The monoisotopic (exact) mass is 207 g/mol. The van der Waals surface area contributed by atoms with E-state index >= 15 is 0 Å². The molecule has 1 aromatic rings. The van der Waals surface area contributed by atoms with Crippen LogP contribution in [0, 0.1) is 13.8 Å². The van der Waals surface area contributed by atoms with Crippen LogP contribution >= 0.6 is 11.8 Å². The highest BCUT2D eigenvalue weighted by Crippen LogP contribution is 2.39. The molecule has 1 N–H and O–H groups in total. The summed E-state index contributed by atoms with van der Waals surface area (Å²) in [6, 6.07) is 5.24. The van der Waals surface area contributed by atoms with Crippen LogP contribution in [0.1, 0.15) is 29.7 Å². The molecule has 14 heavy (non-hydrogen) atoms. The molecule has 0 aromatic heterocycles. The van der Waals surface area contributed by atoms with Gasteiger partial charge in [-0.2, -0.15) is 0 Å². The Kier molecular flexibility index (Phi) is 2.84. The Morgan fingerprint density at radius 1 is 1.36 bits per heavy atom. The van der Waals surface area contributed by atoms with Crippen molar-refractivity contribution in [3.05, 3.63) is 28.8 Å². The van der Waals surface area contributed by atoms with Gasteiger partial charge < -0.3 is 5.32 Å². The largest absolute Gasteiger partial charge is 0.309 e. The first-order chi connectivity index (χ1) is 6.72. The number of benzene rings is 1. The molecular formula is C12H17NS. The van der Waals surface area contributed by atoms with Crippen molar-refractivity contribution >= 4 is 11.8 Å². The van der Waals surface area contributed by atoms with Crippen LogP contribution in [0.15, 0.2) is 17.0 Å². The third-order valence-electron chi connectivity index (χ3n) is 2.86. The maximum absolute atomic E-state index is 3.53. The molecule has 1 nitrogen and oxygen atoms in total. The second-order valence-electron chi connectivity index (χ2n) is 3.90. The summed E-state index contributed by atoms with van der Waals surface area (Å²) in [4.78, 5) is 1.47. The molecule has 0 aliphatic carbocycles. The predicted molar refractivity (Wildman–Crippen MR) is 63.1 cm³/mol. The number of hydrogen-bond acceptors (Lipinski definition) is 2. The van der Waals surface area contributed by atoms with Gasteiger partial charge >= 0.3 is 0 Å². The van der Waals surface area contributed by atoms with Crippen molar-refractivity contribution in [3.63, 3.8) is 0 Å². The van der Waals surface area contributed by atoms with Crippen molar-refractivity contribution in [2.75, 3.05) is 12.3 Å². The van der Waals surface area contributed by atoms with Crippen molar-refractivity contribution in [3.8, 4) is 0 Å². The average Bonchev–Trinajstić information content (AvgIpc) is 2.51. The van der Waals surface area contributed by atoms with Crippen LogP contribution in [0.2, 0.25) is 0 Å². The highest BCUT2D eigenvalue weighted by Gasteiger charge is 2.22. The van der Waals surface area contributed by atoms with Crippen molar-refractivity contribution in [1.82, 2.24) is 5.32 Å². The highest BCUT2D eigenvalue weighted by molar-refractivity contribution is 7.99. The molecule has 1 atom stereocenters. The van der Waals surface area contributed by atoms with Crippen molar-refractivity contribution in [1.29, 1.82) is 0 Å². The summed E-state index contributed by atoms with van der Waals surface area (Å²) in [7, 11) is 0. The minimum Gasteiger partial charge on any atom is -0.309 e. The fourth-order valence-electron chi connectivity index (χ4n) is 1.89. The van der Waals surface area contributed by atoms with Gasteiger partial charge in [-0.05, 0) is 43.1 Å². The molecule has 1 aliphatic rings. The Hall–Kier alpha value is -0.470. The van der Waals surface area contributed by atoms with Crippen LogP contribution in [0.5, 0.6) is 0 Å². The second kappa shape index (κ2) is 3.95. The summed E-state index contributed by atoms with van der Waals surface area (Å²) in [5.41, 5.74) is 4.32. The SMILES string of the molecule is CCNC1CSc2cc(C)c(C)cc21. The van der Waals surface area contributed by atoms with Crippen LogP contribution in [0.4, 0.5) is 0 Å². The quantitative estimate of drug-likeness (QED) is 0.800. The molecule has 1 aromatic carbocycles. The molecular weight excluding hydrogens is 190 g/mol. The summed E-state index contributed by atoms with van der Waals surface area (Å²) in [6.07, 6.45) is 0. The molecule has 2 heteroatoms. The molecule has 0 radical (unpaired) electrons. The van der Waals surface area contributed by atoms with Gasteiger partial charge in [0.1, 0.15) is 0 Å². The van der Waals surface area contributed by atoms with Gasteiger partial charge in [-0.3, -0.25) is 0 Å². The van der Waals surface area contributed by atoms with Gasteiger partial charge in [0.25, 0.3) is 0 Å². The molecule has 0 fully saturated rings. The molecule has 1 heterocycles. The van der Waals surface area contributed by atoms with Crippen molar-refractivity contribution in [2.24, 2.45) is 0 Å². The van der Waals surface area contributed by atoms with E-state index in [4.69, 9.17) is 0 Å². The lowest BCUT2D eigenvalue weighted by molar-refractivity contribution is 0.607. The van der Waals surface area contributed by atoms with Crippen LogP contribution in [-0.2, 0) is 0 Å². The van der Waals surface area contributed by atoms with E-state index in [0.29, 0.717) is 6.04 Å². The second-order valence-corrected chi connectivity index (χ2v) is 4.96. The molecule has 2 rings (SSSR count). The zero-order valence-electron chi connectivity index (χ0n) is 9.05. The van der Waals surface area contributed by atoms with E-state index in [1.165, 1.54) is 27.3 Å². The molecule has 76 valence electrons. The van der Waals surface area contributed by atoms with E-state index in [-0.39, 0.29) is 0 Å².